The quantitative estimate of drug-likeness (QED) is 0.814. The Morgan fingerprint density at radius 1 is 1.53 bits per heavy atom. The molecule has 2 unspecified atom stereocenters. The molecule has 1 heterocycles. The van der Waals surface area contributed by atoms with Crippen LogP contribution >= 0.6 is 11.8 Å². The Kier molecular flexibility index (Phi) is 4.73. The van der Waals surface area contributed by atoms with Crippen LogP contribution in [0.2, 0.25) is 0 Å². The summed E-state index contributed by atoms with van der Waals surface area (Å²) < 4.78 is 37.5. The lowest BCUT2D eigenvalue weighted by Crippen LogP contribution is -2.47. The van der Waals surface area contributed by atoms with Crippen LogP contribution in [0.25, 0.3) is 0 Å². The molecule has 0 aromatic rings. The molecule has 0 amide bonds. The first kappa shape index (κ1) is 13.1. The van der Waals surface area contributed by atoms with Gasteiger partial charge in [0.05, 0.1) is 5.92 Å². The Balaban J connectivity index is 2.50. The molecule has 1 rings (SSSR count). The fourth-order valence-electron chi connectivity index (χ4n) is 1.63. The highest BCUT2D eigenvalue weighted by Gasteiger charge is 2.40. The van der Waals surface area contributed by atoms with Crippen LogP contribution in [0.3, 0.4) is 0 Å². The van der Waals surface area contributed by atoms with Gasteiger partial charge in [-0.15, -0.1) is 0 Å². The number of hydrogen-bond donors (Lipinski definition) is 1. The second-order valence-corrected chi connectivity index (χ2v) is 5.04. The van der Waals surface area contributed by atoms with Crippen LogP contribution < -0.4 is 5.73 Å². The van der Waals surface area contributed by atoms with Crippen molar-refractivity contribution in [3.05, 3.63) is 0 Å². The Hall–Kier alpha value is 0.0600. The van der Waals surface area contributed by atoms with E-state index >= 15 is 0 Å². The Morgan fingerprint density at radius 3 is 2.67 bits per heavy atom. The van der Waals surface area contributed by atoms with E-state index in [-0.39, 0.29) is 19.1 Å². The molecule has 0 aromatic carbocycles. The van der Waals surface area contributed by atoms with Gasteiger partial charge in [0.2, 0.25) is 0 Å². The van der Waals surface area contributed by atoms with Crippen LogP contribution in [0.5, 0.6) is 0 Å². The highest BCUT2D eigenvalue weighted by Crippen LogP contribution is 2.28. The maximum absolute atomic E-state index is 12.5. The van der Waals surface area contributed by atoms with Crippen molar-refractivity contribution in [1.29, 1.82) is 0 Å². The molecule has 1 saturated heterocycles. The van der Waals surface area contributed by atoms with E-state index in [9.17, 15) is 13.2 Å². The molecular formula is C9H17F3N2S. The molecule has 2 N–H and O–H groups in total. The van der Waals surface area contributed by atoms with E-state index in [4.69, 9.17) is 5.73 Å². The maximum atomic E-state index is 12.5. The van der Waals surface area contributed by atoms with Gasteiger partial charge in [-0.3, -0.25) is 4.90 Å². The van der Waals surface area contributed by atoms with Gasteiger partial charge in [0.25, 0.3) is 0 Å². The van der Waals surface area contributed by atoms with Crippen LogP contribution in [0.15, 0.2) is 0 Å². The number of rotatable bonds is 3. The highest BCUT2D eigenvalue weighted by atomic mass is 32.2. The summed E-state index contributed by atoms with van der Waals surface area (Å²) in [7, 11) is 0. The van der Waals surface area contributed by atoms with E-state index in [0.717, 1.165) is 18.1 Å². The molecule has 6 heteroatoms. The first-order chi connectivity index (χ1) is 6.95. The zero-order valence-corrected chi connectivity index (χ0v) is 9.57. The van der Waals surface area contributed by atoms with Gasteiger partial charge in [-0.1, -0.05) is 0 Å². The second kappa shape index (κ2) is 5.41. The summed E-state index contributed by atoms with van der Waals surface area (Å²) in [4.78, 5) is 1.89. The van der Waals surface area contributed by atoms with Gasteiger partial charge in [-0.25, -0.2) is 0 Å². The number of alkyl halides is 3. The predicted octanol–water partition coefficient (Wildman–Crippen LogP) is 1.56. The third kappa shape index (κ3) is 3.85. The van der Waals surface area contributed by atoms with Crippen molar-refractivity contribution in [2.75, 3.05) is 31.1 Å². The van der Waals surface area contributed by atoms with E-state index < -0.39 is 12.1 Å². The molecule has 0 saturated carbocycles. The average molecular weight is 242 g/mol. The standard InChI is InChI=1S/C9H17F3N2S/c1-7-6-15-3-2-14(7)5-8(4-13)9(10,11)12/h7-8H,2-6,13H2,1H3. The minimum Gasteiger partial charge on any atom is -0.330 e. The Morgan fingerprint density at radius 2 is 2.20 bits per heavy atom. The third-order valence-corrected chi connectivity index (χ3v) is 3.90. The minimum atomic E-state index is -4.17. The minimum absolute atomic E-state index is 0.0434. The number of halogens is 3. The Labute approximate surface area is 92.4 Å². The van der Waals surface area contributed by atoms with Gasteiger partial charge in [0.15, 0.2) is 0 Å². The normalized spacial score (nSPS) is 26.6. The van der Waals surface area contributed by atoms with Crippen molar-refractivity contribution in [1.82, 2.24) is 4.90 Å². The zero-order chi connectivity index (χ0) is 11.5. The van der Waals surface area contributed by atoms with Crippen molar-refractivity contribution in [2.45, 2.75) is 19.1 Å². The van der Waals surface area contributed by atoms with E-state index in [1.54, 1.807) is 11.8 Å². The van der Waals surface area contributed by atoms with E-state index in [2.05, 4.69) is 0 Å². The summed E-state index contributed by atoms with van der Waals surface area (Å²) in [6.45, 7) is 2.43. The topological polar surface area (TPSA) is 29.3 Å². The van der Waals surface area contributed by atoms with Crippen LogP contribution in [0, 0.1) is 5.92 Å². The predicted molar refractivity (Wildman–Crippen MR) is 57.0 cm³/mol. The molecule has 0 bridgehead atoms. The van der Waals surface area contributed by atoms with Crippen LogP contribution in [0.4, 0.5) is 13.2 Å². The lowest BCUT2D eigenvalue weighted by atomic mass is 10.1. The van der Waals surface area contributed by atoms with Gasteiger partial charge in [0, 0.05) is 37.2 Å². The summed E-state index contributed by atoms with van der Waals surface area (Å²) in [5.41, 5.74) is 5.17. The van der Waals surface area contributed by atoms with Gasteiger partial charge < -0.3 is 5.73 Å². The fourth-order valence-corrected chi connectivity index (χ4v) is 2.71. The maximum Gasteiger partial charge on any atom is 0.394 e. The monoisotopic (exact) mass is 242 g/mol. The molecule has 15 heavy (non-hydrogen) atoms. The first-order valence-electron chi connectivity index (χ1n) is 5.03. The van der Waals surface area contributed by atoms with Crippen LogP contribution in [-0.4, -0.2) is 48.3 Å². The SMILES string of the molecule is CC1CSCCN1CC(CN)C(F)(F)F. The molecule has 90 valence electrons. The van der Waals surface area contributed by atoms with Crippen molar-refractivity contribution >= 4 is 11.8 Å². The summed E-state index contributed by atoms with van der Waals surface area (Å²) in [6, 6.07) is 0.222. The largest absolute Gasteiger partial charge is 0.394 e. The molecule has 2 nitrogen and oxygen atoms in total. The summed E-state index contributed by atoms with van der Waals surface area (Å²) in [5, 5.41) is 0. The lowest BCUT2D eigenvalue weighted by molar-refractivity contribution is -0.177. The summed E-state index contributed by atoms with van der Waals surface area (Å²) in [5.74, 6) is 0.442. The summed E-state index contributed by atoms with van der Waals surface area (Å²) >= 11 is 1.79. The smallest absolute Gasteiger partial charge is 0.330 e. The lowest BCUT2D eigenvalue weighted by Gasteiger charge is -2.35. The van der Waals surface area contributed by atoms with Crippen molar-refractivity contribution < 1.29 is 13.2 Å². The molecular weight excluding hydrogens is 225 g/mol. The average Bonchev–Trinajstić information content (AvgIpc) is 2.14. The van der Waals surface area contributed by atoms with Crippen molar-refractivity contribution in [3.63, 3.8) is 0 Å². The van der Waals surface area contributed by atoms with E-state index in [0.29, 0.717) is 0 Å². The number of nitrogens with two attached hydrogens (primary N) is 1. The molecule has 1 aliphatic heterocycles. The van der Waals surface area contributed by atoms with E-state index in [1.165, 1.54) is 0 Å². The molecule has 0 aliphatic carbocycles. The molecule has 0 spiro atoms. The molecule has 0 radical (unpaired) electrons. The van der Waals surface area contributed by atoms with Gasteiger partial charge in [-0.05, 0) is 6.92 Å². The second-order valence-electron chi connectivity index (χ2n) is 3.89. The highest BCUT2D eigenvalue weighted by molar-refractivity contribution is 7.99. The van der Waals surface area contributed by atoms with Crippen molar-refractivity contribution in [3.8, 4) is 0 Å². The molecule has 1 aliphatic rings. The van der Waals surface area contributed by atoms with Crippen LogP contribution in [-0.2, 0) is 0 Å². The summed E-state index contributed by atoms with van der Waals surface area (Å²) in [6.07, 6.45) is -4.17. The van der Waals surface area contributed by atoms with E-state index in [1.807, 2.05) is 11.8 Å². The van der Waals surface area contributed by atoms with Crippen LogP contribution in [0.1, 0.15) is 6.92 Å². The number of nitrogens with zero attached hydrogens (tertiary/aromatic N) is 1. The number of thioether (sulfide) groups is 1. The zero-order valence-electron chi connectivity index (χ0n) is 8.76. The molecule has 1 fully saturated rings. The molecule has 2 atom stereocenters. The fraction of sp³-hybridized carbons (Fsp3) is 1.00. The Bertz CT molecular complexity index is 198. The third-order valence-electron chi connectivity index (χ3n) is 2.71. The number of hydrogen-bond acceptors (Lipinski definition) is 3. The van der Waals surface area contributed by atoms with Gasteiger partial charge >= 0.3 is 6.18 Å². The first-order valence-corrected chi connectivity index (χ1v) is 6.19. The molecule has 0 aromatic heterocycles. The van der Waals surface area contributed by atoms with Gasteiger partial charge in [-0.2, -0.15) is 24.9 Å². The van der Waals surface area contributed by atoms with Gasteiger partial charge in [0.1, 0.15) is 0 Å². The van der Waals surface area contributed by atoms with Crippen molar-refractivity contribution in [2.24, 2.45) is 11.7 Å².